The summed E-state index contributed by atoms with van der Waals surface area (Å²) >= 11 is 11.9. The lowest BCUT2D eigenvalue weighted by Gasteiger charge is -2.15. The van der Waals surface area contributed by atoms with Crippen molar-refractivity contribution in [2.75, 3.05) is 5.32 Å². The molecule has 8 heteroatoms. The van der Waals surface area contributed by atoms with Crippen LogP contribution in [-0.4, -0.2) is 16.5 Å². The minimum atomic E-state index is -0.160. The number of hydrogen-bond donors (Lipinski definition) is 2. The lowest BCUT2D eigenvalue weighted by atomic mass is 10.00. The van der Waals surface area contributed by atoms with Gasteiger partial charge in [-0.3, -0.25) is 9.59 Å². The first-order valence-electron chi connectivity index (χ1n) is 8.62. The van der Waals surface area contributed by atoms with Crippen molar-refractivity contribution >= 4 is 47.2 Å². The third-order valence-electron chi connectivity index (χ3n) is 4.77. The molecule has 1 aliphatic rings. The fourth-order valence-electron chi connectivity index (χ4n) is 3.33. The second-order valence-electron chi connectivity index (χ2n) is 6.74. The van der Waals surface area contributed by atoms with Crippen molar-refractivity contribution in [2.45, 2.75) is 38.3 Å². The van der Waals surface area contributed by atoms with Crippen molar-refractivity contribution in [1.82, 2.24) is 4.57 Å². The summed E-state index contributed by atoms with van der Waals surface area (Å²) in [5, 5.41) is 3.77. The van der Waals surface area contributed by atoms with E-state index in [2.05, 4.69) is 5.32 Å². The molecule has 1 aliphatic carbocycles. The number of benzene rings is 1. The Bertz CT molecular complexity index is 870. The zero-order valence-electron chi connectivity index (χ0n) is 14.7. The van der Waals surface area contributed by atoms with E-state index in [0.29, 0.717) is 28.7 Å². The van der Waals surface area contributed by atoms with Crippen LogP contribution in [0.5, 0.6) is 0 Å². The number of nitrogens with one attached hydrogen (secondary N) is 1. The van der Waals surface area contributed by atoms with E-state index in [4.69, 9.17) is 28.9 Å². The van der Waals surface area contributed by atoms with E-state index in [1.165, 1.54) is 10.6 Å². The monoisotopic (exact) mass is 429 g/mol. The Labute approximate surface area is 174 Å². The van der Waals surface area contributed by atoms with Gasteiger partial charge < -0.3 is 15.6 Å². The number of carbonyl (C=O) groups is 1. The van der Waals surface area contributed by atoms with Crippen molar-refractivity contribution in [1.29, 1.82) is 0 Å². The molecule has 5 nitrogen and oxygen atoms in total. The number of carbonyl (C=O) groups excluding carboxylic acids is 1. The molecular weight excluding hydrogens is 409 g/mol. The van der Waals surface area contributed by atoms with E-state index in [9.17, 15) is 9.59 Å². The topological polar surface area (TPSA) is 77.1 Å². The minimum absolute atomic E-state index is 0. The maximum atomic E-state index is 12.3. The molecule has 1 saturated carbocycles. The first-order chi connectivity index (χ1) is 12.4. The molecule has 3 N–H and O–H groups in total. The van der Waals surface area contributed by atoms with Crippen LogP contribution < -0.4 is 16.6 Å². The van der Waals surface area contributed by atoms with Gasteiger partial charge in [0.05, 0.1) is 22.3 Å². The normalized spacial score (nSPS) is 18.8. The number of nitrogens with two attached hydrogens (primary N) is 1. The Morgan fingerprint density at radius 1 is 1.19 bits per heavy atom. The average molecular weight is 431 g/mol. The van der Waals surface area contributed by atoms with Gasteiger partial charge in [-0.1, -0.05) is 35.7 Å². The van der Waals surface area contributed by atoms with E-state index < -0.39 is 0 Å². The summed E-state index contributed by atoms with van der Waals surface area (Å²) in [6, 6.07) is 8.38. The van der Waals surface area contributed by atoms with Gasteiger partial charge in [0, 0.05) is 24.7 Å². The molecule has 2 atom stereocenters. The fraction of sp³-hybridized carbons (Fsp3) is 0.368. The summed E-state index contributed by atoms with van der Waals surface area (Å²) in [7, 11) is 0. The predicted octanol–water partition coefficient (Wildman–Crippen LogP) is 4.08. The molecule has 2 aromatic rings. The molecular formula is C19H22Cl3N3O2. The van der Waals surface area contributed by atoms with Crippen LogP contribution in [0.4, 0.5) is 5.69 Å². The van der Waals surface area contributed by atoms with Crippen molar-refractivity contribution in [3.8, 4) is 0 Å². The minimum Gasteiger partial charge on any atom is -0.327 e. The van der Waals surface area contributed by atoms with E-state index in [1.54, 1.807) is 24.4 Å². The van der Waals surface area contributed by atoms with Crippen molar-refractivity contribution in [3.05, 3.63) is 62.5 Å². The maximum absolute atomic E-state index is 12.3. The number of nitrogens with zero attached hydrogens (tertiary/aromatic N) is 1. The van der Waals surface area contributed by atoms with E-state index in [-0.39, 0.29) is 35.8 Å². The summed E-state index contributed by atoms with van der Waals surface area (Å²) in [5.41, 5.74) is 7.30. The van der Waals surface area contributed by atoms with Crippen molar-refractivity contribution in [2.24, 2.45) is 11.7 Å². The van der Waals surface area contributed by atoms with Crippen LogP contribution >= 0.6 is 35.6 Å². The third-order valence-corrected chi connectivity index (χ3v) is 5.51. The van der Waals surface area contributed by atoms with E-state index >= 15 is 0 Å². The van der Waals surface area contributed by atoms with E-state index in [0.717, 1.165) is 24.8 Å². The maximum Gasteiger partial charge on any atom is 0.250 e. The number of amides is 1. The molecule has 1 fully saturated rings. The number of anilines is 1. The fourth-order valence-corrected chi connectivity index (χ4v) is 3.65. The smallest absolute Gasteiger partial charge is 0.250 e. The Balaban J connectivity index is 0.00000261. The van der Waals surface area contributed by atoms with Gasteiger partial charge in [0.25, 0.3) is 5.56 Å². The van der Waals surface area contributed by atoms with Gasteiger partial charge in [0.1, 0.15) is 0 Å². The molecule has 3 rings (SSSR count). The van der Waals surface area contributed by atoms with Crippen LogP contribution in [0.2, 0.25) is 10.0 Å². The Morgan fingerprint density at radius 2 is 1.96 bits per heavy atom. The van der Waals surface area contributed by atoms with Crippen LogP contribution in [0.25, 0.3) is 0 Å². The molecule has 1 aromatic heterocycles. The first kappa shape index (κ1) is 21.8. The van der Waals surface area contributed by atoms with Gasteiger partial charge in [-0.05, 0) is 42.5 Å². The summed E-state index contributed by atoms with van der Waals surface area (Å²) in [6.45, 7) is 0.340. The average Bonchev–Trinajstić information content (AvgIpc) is 2.99. The van der Waals surface area contributed by atoms with Crippen LogP contribution in [0.3, 0.4) is 0 Å². The zero-order chi connectivity index (χ0) is 18.7. The molecule has 0 aliphatic heterocycles. The van der Waals surface area contributed by atoms with Gasteiger partial charge in [-0.2, -0.15) is 0 Å². The van der Waals surface area contributed by atoms with E-state index in [1.807, 2.05) is 6.07 Å². The molecule has 0 radical (unpaired) electrons. The molecule has 27 heavy (non-hydrogen) atoms. The Hall–Kier alpha value is -1.53. The SMILES string of the molecule is Cl.N[C@@H]1CCC[C@H]1CC(=O)Nc1ccc(=O)n(Cc2ccc(Cl)c(Cl)c2)c1. The number of hydrogen-bond acceptors (Lipinski definition) is 3. The van der Waals surface area contributed by atoms with Crippen molar-refractivity contribution < 1.29 is 4.79 Å². The molecule has 0 spiro atoms. The quantitative estimate of drug-likeness (QED) is 0.750. The zero-order valence-corrected chi connectivity index (χ0v) is 17.0. The van der Waals surface area contributed by atoms with Crippen molar-refractivity contribution in [3.63, 3.8) is 0 Å². The second-order valence-corrected chi connectivity index (χ2v) is 7.55. The molecule has 1 aromatic carbocycles. The summed E-state index contributed by atoms with van der Waals surface area (Å²) in [4.78, 5) is 24.4. The standard InChI is InChI=1S/C19H21Cl2N3O2.ClH/c20-15-6-4-12(8-16(15)21)10-24-11-14(5-7-19(24)26)23-18(25)9-13-2-1-3-17(13)22;/h4-8,11,13,17H,1-3,9-10,22H2,(H,23,25);1H/t13-,17+;/m0./s1. The molecule has 1 amide bonds. The molecule has 0 unspecified atom stereocenters. The van der Waals surface area contributed by atoms with Crippen LogP contribution in [-0.2, 0) is 11.3 Å². The first-order valence-corrected chi connectivity index (χ1v) is 9.38. The highest BCUT2D eigenvalue weighted by Gasteiger charge is 2.26. The van der Waals surface area contributed by atoms with Gasteiger partial charge in [-0.25, -0.2) is 0 Å². The lowest BCUT2D eigenvalue weighted by Crippen LogP contribution is -2.28. The highest BCUT2D eigenvalue weighted by atomic mass is 35.5. The number of rotatable bonds is 5. The molecule has 146 valence electrons. The Kier molecular flexibility index (Phi) is 7.74. The molecule has 0 saturated heterocycles. The van der Waals surface area contributed by atoms with Gasteiger partial charge >= 0.3 is 0 Å². The summed E-state index contributed by atoms with van der Waals surface area (Å²) in [5.74, 6) is 0.157. The second kappa shape index (κ2) is 9.60. The van der Waals surface area contributed by atoms with Crippen LogP contribution in [0, 0.1) is 5.92 Å². The van der Waals surface area contributed by atoms with Gasteiger partial charge in [0.2, 0.25) is 5.91 Å². The molecule has 0 bridgehead atoms. The summed E-state index contributed by atoms with van der Waals surface area (Å²) in [6.07, 6.45) is 5.09. The van der Waals surface area contributed by atoms with Crippen LogP contribution in [0.1, 0.15) is 31.2 Å². The number of halogens is 3. The van der Waals surface area contributed by atoms with Gasteiger partial charge in [0.15, 0.2) is 0 Å². The lowest BCUT2D eigenvalue weighted by molar-refractivity contribution is -0.117. The Morgan fingerprint density at radius 3 is 2.63 bits per heavy atom. The highest BCUT2D eigenvalue weighted by molar-refractivity contribution is 6.42. The third kappa shape index (κ3) is 5.72. The van der Waals surface area contributed by atoms with Crippen LogP contribution in [0.15, 0.2) is 41.3 Å². The largest absolute Gasteiger partial charge is 0.327 e. The highest BCUT2D eigenvalue weighted by Crippen LogP contribution is 2.27. The molecule has 1 heterocycles. The number of aromatic nitrogens is 1. The number of pyridine rings is 1. The summed E-state index contributed by atoms with van der Waals surface area (Å²) < 4.78 is 1.52. The predicted molar refractivity (Wildman–Crippen MR) is 112 cm³/mol. The van der Waals surface area contributed by atoms with Gasteiger partial charge in [-0.15, -0.1) is 12.4 Å².